The van der Waals surface area contributed by atoms with Crippen molar-refractivity contribution in [2.75, 3.05) is 24.6 Å². The number of amidine groups is 1. The number of hydrogen-bond acceptors (Lipinski definition) is 8. The third kappa shape index (κ3) is 4.94. The molecule has 0 radical (unpaired) electrons. The van der Waals surface area contributed by atoms with Gasteiger partial charge in [0.2, 0.25) is 5.95 Å². The molecular weight excluding hydrogens is 381 g/mol. The van der Waals surface area contributed by atoms with E-state index in [1.807, 2.05) is 11.8 Å². The standard InChI is InChI=1S/C18H20FN7O3/c1-2-28-25-13-9-26(10-13)18-23-7-12(8-24-18)14-5-3-4-11(15(14)19)6-22-16(20)29-17(21)27/h3-5,7-8H,2,6,9-10H2,1H3,(H2,20,22)(H2,21,27). The molecule has 0 bridgehead atoms. The van der Waals surface area contributed by atoms with E-state index in [1.54, 1.807) is 30.6 Å². The summed E-state index contributed by atoms with van der Waals surface area (Å²) in [6.07, 6.45) is 2.02. The van der Waals surface area contributed by atoms with E-state index in [4.69, 9.17) is 16.3 Å². The number of carbonyl (C=O) groups is 1. The van der Waals surface area contributed by atoms with Crippen LogP contribution in [-0.2, 0) is 16.1 Å². The number of anilines is 1. The Morgan fingerprint density at radius 2 is 2.00 bits per heavy atom. The number of carbonyl (C=O) groups excluding carboxylic acids is 1. The molecular formula is C18H20FN7O3. The molecule has 2 heterocycles. The second-order valence-electron chi connectivity index (χ2n) is 6.06. The molecule has 29 heavy (non-hydrogen) atoms. The van der Waals surface area contributed by atoms with E-state index in [0.717, 1.165) is 5.71 Å². The van der Waals surface area contributed by atoms with Gasteiger partial charge < -0.3 is 25.9 Å². The lowest BCUT2D eigenvalue weighted by atomic mass is 10.0. The second kappa shape index (κ2) is 8.95. The zero-order valence-corrected chi connectivity index (χ0v) is 15.7. The first-order valence-corrected chi connectivity index (χ1v) is 8.77. The van der Waals surface area contributed by atoms with E-state index in [1.165, 1.54) is 0 Å². The van der Waals surface area contributed by atoms with Crippen LogP contribution in [0.25, 0.3) is 11.1 Å². The van der Waals surface area contributed by atoms with Gasteiger partial charge in [0.15, 0.2) is 0 Å². The number of aliphatic imine (C=N–C) groups is 1. The van der Waals surface area contributed by atoms with Gasteiger partial charge in [-0.2, -0.15) is 0 Å². The summed E-state index contributed by atoms with van der Waals surface area (Å²) in [7, 11) is 0. The van der Waals surface area contributed by atoms with Gasteiger partial charge in [0.05, 0.1) is 25.3 Å². The Hall–Kier alpha value is -3.76. The molecule has 1 amide bonds. The first-order valence-electron chi connectivity index (χ1n) is 8.77. The summed E-state index contributed by atoms with van der Waals surface area (Å²) in [4.78, 5) is 29.9. The van der Waals surface area contributed by atoms with Crippen LogP contribution in [0.5, 0.6) is 0 Å². The van der Waals surface area contributed by atoms with Gasteiger partial charge in [-0.1, -0.05) is 23.4 Å². The Balaban J connectivity index is 1.70. The topological polar surface area (TPSA) is 141 Å². The number of rotatable bonds is 6. The Bertz CT molecular complexity index is 939. The number of amides is 1. The van der Waals surface area contributed by atoms with Crippen LogP contribution in [0.4, 0.5) is 15.1 Å². The summed E-state index contributed by atoms with van der Waals surface area (Å²) in [5, 5.41) is 3.97. The van der Waals surface area contributed by atoms with Crippen LogP contribution >= 0.6 is 0 Å². The largest absolute Gasteiger partial charge is 0.412 e. The second-order valence-corrected chi connectivity index (χ2v) is 6.06. The quantitative estimate of drug-likeness (QED) is 0.423. The highest BCUT2D eigenvalue weighted by Gasteiger charge is 2.25. The highest BCUT2D eigenvalue weighted by atomic mass is 19.1. The van der Waals surface area contributed by atoms with Gasteiger partial charge in [-0.15, -0.1) is 0 Å². The number of nitrogens with two attached hydrogens (primary N) is 2. The fourth-order valence-electron chi connectivity index (χ4n) is 2.60. The number of aromatic nitrogens is 2. The zero-order chi connectivity index (χ0) is 20.8. The van der Waals surface area contributed by atoms with Crippen LogP contribution < -0.4 is 16.4 Å². The van der Waals surface area contributed by atoms with E-state index in [0.29, 0.717) is 36.8 Å². The normalized spacial score (nSPS) is 13.7. The van der Waals surface area contributed by atoms with Crippen molar-refractivity contribution in [1.82, 2.24) is 9.97 Å². The zero-order valence-electron chi connectivity index (χ0n) is 15.7. The molecule has 0 saturated carbocycles. The van der Waals surface area contributed by atoms with Crippen LogP contribution in [0.2, 0.25) is 0 Å². The molecule has 1 fully saturated rings. The Morgan fingerprint density at radius 3 is 2.66 bits per heavy atom. The summed E-state index contributed by atoms with van der Waals surface area (Å²) in [6, 6.07) is 4.40. The van der Waals surface area contributed by atoms with Crippen molar-refractivity contribution in [2.45, 2.75) is 13.5 Å². The molecule has 0 atom stereocenters. The molecule has 0 aliphatic carbocycles. The number of primary amides is 1. The molecule has 2 aromatic rings. The third-order valence-corrected chi connectivity index (χ3v) is 3.99. The van der Waals surface area contributed by atoms with Crippen LogP contribution in [0.3, 0.4) is 0 Å². The average molecular weight is 401 g/mol. The van der Waals surface area contributed by atoms with Crippen molar-refractivity contribution in [3.8, 4) is 11.1 Å². The molecule has 1 aliphatic heterocycles. The van der Waals surface area contributed by atoms with E-state index < -0.39 is 17.9 Å². The Labute approximate surface area is 166 Å². The lowest BCUT2D eigenvalue weighted by Gasteiger charge is -2.31. The number of hydrogen-bond donors (Lipinski definition) is 2. The van der Waals surface area contributed by atoms with Crippen molar-refractivity contribution in [3.63, 3.8) is 0 Å². The van der Waals surface area contributed by atoms with E-state index in [2.05, 4.69) is 24.9 Å². The minimum absolute atomic E-state index is 0.118. The molecule has 4 N–H and O–H groups in total. The van der Waals surface area contributed by atoms with Gasteiger partial charge in [0.1, 0.15) is 12.4 Å². The predicted molar refractivity (Wildman–Crippen MR) is 105 cm³/mol. The maximum Gasteiger partial charge on any atom is 0.412 e. The summed E-state index contributed by atoms with van der Waals surface area (Å²) >= 11 is 0. The lowest BCUT2D eigenvalue weighted by molar-refractivity contribution is 0.157. The SMILES string of the molecule is CCON=C1CN(c2ncc(-c3cccc(CN=C(N)OC(N)=O)c3F)cn2)C1. The molecule has 11 heteroatoms. The van der Waals surface area contributed by atoms with E-state index in [9.17, 15) is 9.18 Å². The summed E-state index contributed by atoms with van der Waals surface area (Å²) < 4.78 is 19.2. The third-order valence-electron chi connectivity index (χ3n) is 3.99. The molecule has 1 aromatic carbocycles. The van der Waals surface area contributed by atoms with Gasteiger partial charge in [-0.25, -0.2) is 24.1 Å². The van der Waals surface area contributed by atoms with Crippen molar-refractivity contribution >= 4 is 23.8 Å². The monoisotopic (exact) mass is 401 g/mol. The Morgan fingerprint density at radius 1 is 1.28 bits per heavy atom. The average Bonchev–Trinajstić information content (AvgIpc) is 2.66. The number of ether oxygens (including phenoxy) is 1. The fraction of sp³-hybridized carbons (Fsp3) is 0.278. The first-order chi connectivity index (χ1) is 14.0. The van der Waals surface area contributed by atoms with Gasteiger partial charge in [-0.05, 0) is 6.92 Å². The van der Waals surface area contributed by atoms with Gasteiger partial charge in [0, 0.05) is 29.1 Å². The minimum Gasteiger partial charge on any atom is -0.396 e. The smallest absolute Gasteiger partial charge is 0.396 e. The van der Waals surface area contributed by atoms with Crippen molar-refractivity contribution in [1.29, 1.82) is 0 Å². The number of benzene rings is 1. The summed E-state index contributed by atoms with van der Waals surface area (Å²) in [5.41, 5.74) is 12.2. The molecule has 10 nitrogen and oxygen atoms in total. The van der Waals surface area contributed by atoms with E-state index in [-0.39, 0.29) is 12.1 Å². The highest BCUT2D eigenvalue weighted by Crippen LogP contribution is 2.25. The first kappa shape index (κ1) is 20.0. The van der Waals surface area contributed by atoms with Gasteiger partial charge in [0.25, 0.3) is 6.02 Å². The number of halogens is 1. The molecule has 1 saturated heterocycles. The number of nitrogens with zero attached hydrogens (tertiary/aromatic N) is 5. The maximum absolute atomic E-state index is 14.8. The van der Waals surface area contributed by atoms with Gasteiger partial charge in [-0.3, -0.25) is 0 Å². The molecule has 0 spiro atoms. The Kier molecular flexibility index (Phi) is 6.17. The lowest BCUT2D eigenvalue weighted by Crippen LogP contribution is -2.48. The molecule has 152 valence electrons. The van der Waals surface area contributed by atoms with Crippen molar-refractivity contribution < 1.29 is 18.8 Å². The van der Waals surface area contributed by atoms with Crippen LogP contribution in [0.15, 0.2) is 40.7 Å². The molecule has 1 aliphatic rings. The minimum atomic E-state index is -1.09. The van der Waals surface area contributed by atoms with Crippen molar-refractivity contribution in [2.24, 2.45) is 21.6 Å². The number of oxime groups is 1. The molecule has 3 rings (SSSR count). The molecule has 1 aromatic heterocycles. The van der Waals surface area contributed by atoms with E-state index >= 15 is 0 Å². The van der Waals surface area contributed by atoms with Crippen LogP contribution in [0.1, 0.15) is 12.5 Å². The van der Waals surface area contributed by atoms with Gasteiger partial charge >= 0.3 is 6.09 Å². The predicted octanol–water partition coefficient (Wildman–Crippen LogP) is 1.41. The van der Waals surface area contributed by atoms with Crippen LogP contribution in [-0.4, -0.2) is 47.5 Å². The fourth-order valence-corrected chi connectivity index (χ4v) is 2.60. The van der Waals surface area contributed by atoms with Crippen LogP contribution in [0, 0.1) is 5.82 Å². The van der Waals surface area contributed by atoms with Crippen molar-refractivity contribution in [3.05, 3.63) is 42.0 Å². The summed E-state index contributed by atoms with van der Waals surface area (Å²) in [6.45, 7) is 3.46. The highest BCUT2D eigenvalue weighted by molar-refractivity contribution is 5.98. The molecule has 0 unspecified atom stereocenters. The summed E-state index contributed by atoms with van der Waals surface area (Å²) in [5.74, 6) is 0.0382. The maximum atomic E-state index is 14.8.